The van der Waals surface area contributed by atoms with Crippen LogP contribution in [0.2, 0.25) is 0 Å². The van der Waals surface area contributed by atoms with E-state index in [0.717, 1.165) is 54.3 Å². The van der Waals surface area contributed by atoms with Crippen LogP contribution in [0.4, 0.5) is 8.78 Å². The number of nitrogens with zero attached hydrogens (tertiary/aromatic N) is 3. The van der Waals surface area contributed by atoms with Gasteiger partial charge in [-0.2, -0.15) is 5.10 Å². The van der Waals surface area contributed by atoms with E-state index in [0.29, 0.717) is 11.5 Å². The third kappa shape index (κ3) is 3.04. The highest BCUT2D eigenvalue weighted by atomic mass is 19.1. The van der Waals surface area contributed by atoms with Crippen molar-refractivity contribution in [3.8, 4) is 5.69 Å². The van der Waals surface area contributed by atoms with Gasteiger partial charge in [-0.05, 0) is 62.6 Å². The van der Waals surface area contributed by atoms with Gasteiger partial charge in [0.15, 0.2) is 0 Å². The molecule has 3 aromatic rings. The van der Waals surface area contributed by atoms with Gasteiger partial charge in [0, 0.05) is 41.4 Å². The van der Waals surface area contributed by atoms with Gasteiger partial charge in [0.25, 0.3) is 0 Å². The number of rotatable bonds is 4. The molecule has 2 aromatic carbocycles. The molecule has 0 atom stereocenters. The van der Waals surface area contributed by atoms with Crippen LogP contribution in [-0.4, -0.2) is 27.8 Å². The molecule has 0 bridgehead atoms. The summed E-state index contributed by atoms with van der Waals surface area (Å²) in [6, 6.07) is 13.8. The minimum absolute atomic E-state index is 0.222. The lowest BCUT2D eigenvalue weighted by atomic mass is 9.56. The van der Waals surface area contributed by atoms with Crippen molar-refractivity contribution in [2.45, 2.75) is 32.6 Å². The van der Waals surface area contributed by atoms with E-state index in [-0.39, 0.29) is 17.0 Å². The molecule has 1 saturated heterocycles. The van der Waals surface area contributed by atoms with E-state index in [9.17, 15) is 8.78 Å². The van der Waals surface area contributed by atoms with E-state index < -0.39 is 0 Å². The smallest absolute Gasteiger partial charge is 0.132 e. The van der Waals surface area contributed by atoms with Crippen molar-refractivity contribution in [1.82, 2.24) is 14.7 Å². The van der Waals surface area contributed by atoms with Crippen LogP contribution in [0.1, 0.15) is 41.3 Å². The largest absolute Gasteiger partial charge is 0.370 e. The molecule has 0 amide bonds. The first-order valence-corrected chi connectivity index (χ1v) is 10.4. The van der Waals surface area contributed by atoms with E-state index in [1.165, 1.54) is 12.1 Å². The van der Waals surface area contributed by atoms with Gasteiger partial charge in [-0.15, -0.1) is 0 Å². The topological polar surface area (TPSA) is 21.1 Å². The van der Waals surface area contributed by atoms with Gasteiger partial charge < -0.3 is 4.90 Å². The van der Waals surface area contributed by atoms with Crippen molar-refractivity contribution in [3.05, 3.63) is 89.3 Å². The quantitative estimate of drug-likeness (QED) is 0.562. The van der Waals surface area contributed by atoms with E-state index in [1.807, 2.05) is 24.6 Å². The first-order valence-electron chi connectivity index (χ1n) is 10.4. The van der Waals surface area contributed by atoms with E-state index in [1.54, 1.807) is 24.3 Å². The fourth-order valence-electron chi connectivity index (χ4n) is 5.09. The van der Waals surface area contributed by atoms with Crippen LogP contribution in [0.3, 0.4) is 0 Å². The van der Waals surface area contributed by atoms with E-state index in [4.69, 9.17) is 0 Å². The Morgan fingerprint density at radius 2 is 1.80 bits per heavy atom. The number of hydrogen-bond acceptors (Lipinski definition) is 2. The lowest BCUT2D eigenvalue weighted by Gasteiger charge is -2.60. The number of benzene rings is 2. The molecule has 2 fully saturated rings. The fraction of sp³-hybridized carbons (Fsp3) is 0.320. The predicted molar refractivity (Wildman–Crippen MR) is 114 cm³/mol. The van der Waals surface area contributed by atoms with Crippen LogP contribution in [0.5, 0.6) is 0 Å². The average Bonchev–Trinajstić information content (AvgIpc) is 3.03. The van der Waals surface area contributed by atoms with Gasteiger partial charge in [-0.25, -0.2) is 13.5 Å². The molecule has 154 valence electrons. The third-order valence-corrected chi connectivity index (χ3v) is 6.65. The molecule has 5 rings (SSSR count). The minimum atomic E-state index is -0.249. The van der Waals surface area contributed by atoms with Crippen LogP contribution < -0.4 is 0 Å². The molecule has 2 aliphatic rings. The van der Waals surface area contributed by atoms with Crippen molar-refractivity contribution >= 4 is 5.70 Å². The Bertz CT molecular complexity index is 1130. The normalized spacial score (nSPS) is 17.7. The monoisotopic (exact) mass is 405 g/mol. The Kier molecular flexibility index (Phi) is 4.31. The maximum atomic E-state index is 14.1. The van der Waals surface area contributed by atoms with Crippen molar-refractivity contribution in [2.24, 2.45) is 5.41 Å². The van der Waals surface area contributed by atoms with Crippen molar-refractivity contribution in [2.75, 3.05) is 13.1 Å². The summed E-state index contributed by atoms with van der Waals surface area (Å²) in [5.41, 5.74) is 5.51. The van der Waals surface area contributed by atoms with E-state index >= 15 is 0 Å². The molecule has 1 saturated carbocycles. The second-order valence-corrected chi connectivity index (χ2v) is 8.94. The van der Waals surface area contributed by atoms with Gasteiger partial charge in [0.05, 0.1) is 11.4 Å². The third-order valence-electron chi connectivity index (χ3n) is 6.65. The Labute approximate surface area is 175 Å². The van der Waals surface area contributed by atoms with Gasteiger partial charge in [0.1, 0.15) is 11.6 Å². The summed E-state index contributed by atoms with van der Waals surface area (Å²) in [7, 11) is 0. The summed E-state index contributed by atoms with van der Waals surface area (Å²) >= 11 is 0. The summed E-state index contributed by atoms with van der Waals surface area (Å²) < 4.78 is 29.9. The van der Waals surface area contributed by atoms with Crippen molar-refractivity contribution < 1.29 is 8.78 Å². The predicted octanol–water partition coefficient (Wildman–Crippen LogP) is 5.62. The summed E-state index contributed by atoms with van der Waals surface area (Å²) in [4.78, 5) is 2.17. The van der Waals surface area contributed by atoms with Crippen LogP contribution in [-0.2, 0) is 0 Å². The van der Waals surface area contributed by atoms with Gasteiger partial charge in [0.2, 0.25) is 0 Å². The van der Waals surface area contributed by atoms with Crippen LogP contribution in [0.15, 0.2) is 55.1 Å². The van der Waals surface area contributed by atoms with E-state index in [2.05, 4.69) is 22.6 Å². The minimum Gasteiger partial charge on any atom is -0.370 e. The van der Waals surface area contributed by atoms with Crippen LogP contribution >= 0.6 is 0 Å². The zero-order valence-electron chi connectivity index (χ0n) is 17.3. The van der Waals surface area contributed by atoms with Gasteiger partial charge in [-0.3, -0.25) is 0 Å². The number of likely N-dealkylation sites (tertiary alicyclic amines) is 1. The standard InChI is InChI=1S/C25H25F2N3/c1-16-8-9-20(26)11-23(16)30-24(10-17(2)28-30)19-12-25(13-19)14-29(15-25)18(3)21-6-4-5-7-22(21)27/h4-11,19H,3,12-15H2,1-2H3. The van der Waals surface area contributed by atoms with Crippen molar-refractivity contribution in [3.63, 3.8) is 0 Å². The molecule has 0 radical (unpaired) electrons. The second kappa shape index (κ2) is 6.79. The molecular formula is C25H25F2N3. The highest BCUT2D eigenvalue weighted by molar-refractivity contribution is 5.63. The highest BCUT2D eigenvalue weighted by Crippen LogP contribution is 2.57. The van der Waals surface area contributed by atoms with Gasteiger partial charge in [-0.1, -0.05) is 24.8 Å². The number of aryl methyl sites for hydroxylation is 2. The zero-order chi connectivity index (χ0) is 21.0. The average molecular weight is 405 g/mol. The molecule has 1 aliphatic carbocycles. The molecule has 2 heterocycles. The van der Waals surface area contributed by atoms with Crippen LogP contribution in [0.25, 0.3) is 11.4 Å². The van der Waals surface area contributed by atoms with Crippen LogP contribution in [0, 0.1) is 30.9 Å². The summed E-state index contributed by atoms with van der Waals surface area (Å²) in [5, 5.41) is 4.65. The Morgan fingerprint density at radius 1 is 1.07 bits per heavy atom. The Balaban J connectivity index is 1.30. The molecule has 5 heteroatoms. The fourth-order valence-corrected chi connectivity index (χ4v) is 5.09. The first-order chi connectivity index (χ1) is 14.3. The summed E-state index contributed by atoms with van der Waals surface area (Å²) in [6.45, 7) is 9.89. The molecule has 1 aliphatic heterocycles. The maximum absolute atomic E-state index is 14.1. The number of halogens is 2. The summed E-state index contributed by atoms with van der Waals surface area (Å²) in [6.07, 6.45) is 2.13. The highest BCUT2D eigenvalue weighted by Gasteiger charge is 2.53. The van der Waals surface area contributed by atoms with Gasteiger partial charge >= 0.3 is 0 Å². The SMILES string of the molecule is C=C(c1ccccc1F)N1CC2(CC(c3cc(C)nn3-c3cc(F)ccc3C)C2)C1. The Hall–Kier alpha value is -2.95. The lowest BCUT2D eigenvalue weighted by Crippen LogP contribution is -2.60. The molecule has 1 aromatic heterocycles. The zero-order valence-corrected chi connectivity index (χ0v) is 17.3. The maximum Gasteiger partial charge on any atom is 0.132 e. The lowest BCUT2D eigenvalue weighted by molar-refractivity contribution is -0.0412. The molecule has 1 spiro atoms. The van der Waals surface area contributed by atoms with Crippen molar-refractivity contribution in [1.29, 1.82) is 0 Å². The first kappa shape index (κ1) is 19.0. The second-order valence-electron chi connectivity index (χ2n) is 8.94. The Morgan fingerprint density at radius 3 is 2.53 bits per heavy atom. The molecule has 0 N–H and O–H groups in total. The molecular weight excluding hydrogens is 380 g/mol. The molecule has 30 heavy (non-hydrogen) atoms. The molecule has 0 unspecified atom stereocenters. The molecule has 3 nitrogen and oxygen atoms in total. The number of aromatic nitrogens is 2. The summed E-state index contributed by atoms with van der Waals surface area (Å²) in [5.74, 6) is -0.0707. The number of hydrogen-bond donors (Lipinski definition) is 0.